The average Bonchev–Trinajstić information content (AvgIpc) is 3.46. The number of aromatic nitrogens is 4. The molecule has 5 nitrogen and oxygen atoms in total. The lowest BCUT2D eigenvalue weighted by molar-refractivity contribution is 0.102. The Morgan fingerprint density at radius 3 is 2.22 bits per heavy atom. The van der Waals surface area contributed by atoms with Crippen LogP contribution in [0.1, 0.15) is 32.9 Å². The molecule has 186 valence electrons. The second kappa shape index (κ2) is 10.2. The Morgan fingerprint density at radius 1 is 0.811 bits per heavy atom. The number of aryl methyl sites for hydroxylation is 3. The summed E-state index contributed by atoms with van der Waals surface area (Å²) in [7, 11) is 0. The summed E-state index contributed by atoms with van der Waals surface area (Å²) >= 11 is 1.37. The minimum absolute atomic E-state index is 0.00218. The summed E-state index contributed by atoms with van der Waals surface area (Å²) in [4.78, 5) is 13.4. The average molecular weight is 511 g/mol. The molecule has 0 unspecified atom stereocenters. The van der Waals surface area contributed by atoms with E-state index in [4.69, 9.17) is 0 Å². The zero-order valence-corrected chi connectivity index (χ0v) is 22.0. The van der Waals surface area contributed by atoms with Crippen molar-refractivity contribution in [2.45, 2.75) is 32.9 Å². The van der Waals surface area contributed by atoms with E-state index in [2.05, 4.69) is 42.2 Å². The summed E-state index contributed by atoms with van der Waals surface area (Å²) in [5, 5.41) is 9.62. The first kappa shape index (κ1) is 24.7. The fraction of sp³-hybridized carbons (Fsp3) is 0.167. The molecule has 0 spiro atoms. The summed E-state index contributed by atoms with van der Waals surface area (Å²) < 4.78 is 17.4. The summed E-state index contributed by atoms with van der Waals surface area (Å²) in [6, 6.07) is 24.4. The second-order valence-corrected chi connectivity index (χ2v) is 10.0. The molecule has 0 saturated heterocycles. The third-order valence-electron chi connectivity index (χ3n) is 6.56. The lowest BCUT2D eigenvalue weighted by Gasteiger charge is -2.12. The molecule has 3 aromatic carbocycles. The summed E-state index contributed by atoms with van der Waals surface area (Å²) in [5.41, 5.74) is 7.51. The van der Waals surface area contributed by atoms with E-state index in [1.807, 2.05) is 59.4 Å². The molecule has 7 heteroatoms. The third-order valence-corrected chi connectivity index (χ3v) is 7.49. The van der Waals surface area contributed by atoms with Gasteiger partial charge < -0.3 is 4.57 Å². The molecule has 0 aliphatic carbocycles. The number of nitrogens with zero attached hydrogens (tertiary/aromatic N) is 4. The summed E-state index contributed by atoms with van der Waals surface area (Å²) in [5.74, 6) is 0.656. The molecule has 2 heterocycles. The SMILES string of the molecule is Cc1ccc(-n2c(SCC(=O)c3cc(C)n(-c4ccc(F)cc4)c3C)nnc2-c2ccccc2)cc1C. The number of carbonyl (C=O) groups excluding carboxylic acids is 1. The monoisotopic (exact) mass is 510 g/mol. The maximum atomic E-state index is 13.4. The molecule has 0 N–H and O–H groups in total. The third kappa shape index (κ3) is 4.87. The molecule has 37 heavy (non-hydrogen) atoms. The van der Waals surface area contributed by atoms with Gasteiger partial charge in [0, 0.05) is 28.2 Å². The van der Waals surface area contributed by atoms with Crippen molar-refractivity contribution in [1.82, 2.24) is 19.3 Å². The molecule has 0 atom stereocenters. The van der Waals surface area contributed by atoms with Crippen LogP contribution in [0.4, 0.5) is 4.39 Å². The van der Waals surface area contributed by atoms with Crippen LogP contribution in [0.2, 0.25) is 0 Å². The largest absolute Gasteiger partial charge is 0.318 e. The van der Waals surface area contributed by atoms with Gasteiger partial charge >= 0.3 is 0 Å². The van der Waals surface area contributed by atoms with Crippen LogP contribution in [0.3, 0.4) is 0 Å². The van der Waals surface area contributed by atoms with Crippen molar-refractivity contribution >= 4 is 17.5 Å². The van der Waals surface area contributed by atoms with Gasteiger partial charge in [-0.1, -0.05) is 48.2 Å². The van der Waals surface area contributed by atoms with E-state index in [-0.39, 0.29) is 17.4 Å². The van der Waals surface area contributed by atoms with Gasteiger partial charge in [0.2, 0.25) is 0 Å². The first-order valence-corrected chi connectivity index (χ1v) is 13.0. The molecular formula is C30H27FN4OS. The predicted molar refractivity (Wildman–Crippen MR) is 147 cm³/mol. The Labute approximate surface area is 220 Å². The minimum Gasteiger partial charge on any atom is -0.318 e. The lowest BCUT2D eigenvalue weighted by Crippen LogP contribution is -2.07. The molecule has 0 aliphatic heterocycles. The summed E-state index contributed by atoms with van der Waals surface area (Å²) in [6.45, 7) is 8.03. The number of thioether (sulfide) groups is 1. The van der Waals surface area contributed by atoms with Crippen LogP contribution in [0.25, 0.3) is 22.8 Å². The molecule has 0 bridgehead atoms. The number of Topliss-reactive ketones (excluding diaryl/α,β-unsaturated/α-hetero) is 1. The quantitative estimate of drug-likeness (QED) is 0.174. The van der Waals surface area contributed by atoms with Crippen LogP contribution in [0.5, 0.6) is 0 Å². The van der Waals surface area contributed by atoms with Gasteiger partial charge in [0.25, 0.3) is 0 Å². The van der Waals surface area contributed by atoms with Crippen LogP contribution in [0.15, 0.2) is 84.0 Å². The smallest absolute Gasteiger partial charge is 0.196 e. The van der Waals surface area contributed by atoms with Gasteiger partial charge in [-0.3, -0.25) is 9.36 Å². The van der Waals surface area contributed by atoms with Crippen molar-refractivity contribution in [2.75, 3.05) is 5.75 Å². The topological polar surface area (TPSA) is 52.7 Å². The zero-order valence-electron chi connectivity index (χ0n) is 21.2. The van der Waals surface area contributed by atoms with Gasteiger partial charge in [0.15, 0.2) is 16.8 Å². The van der Waals surface area contributed by atoms with E-state index in [0.29, 0.717) is 10.7 Å². The molecule has 0 amide bonds. The van der Waals surface area contributed by atoms with Gasteiger partial charge in [0.05, 0.1) is 11.4 Å². The van der Waals surface area contributed by atoms with Crippen LogP contribution in [-0.2, 0) is 0 Å². The second-order valence-electron chi connectivity index (χ2n) is 9.08. The highest BCUT2D eigenvalue weighted by Crippen LogP contribution is 2.30. The van der Waals surface area contributed by atoms with E-state index >= 15 is 0 Å². The standard InChI is InChI=1S/C30H27FN4OS/c1-19-10-13-26(16-20(19)2)35-29(23-8-6-5-7-9-23)32-33-30(35)37-18-28(36)27-17-21(3)34(22(27)4)25-14-11-24(31)12-15-25/h5-17H,18H2,1-4H3. The Morgan fingerprint density at radius 2 is 1.51 bits per heavy atom. The van der Waals surface area contributed by atoms with E-state index in [1.54, 1.807) is 12.1 Å². The number of hydrogen-bond acceptors (Lipinski definition) is 4. The van der Waals surface area contributed by atoms with Crippen molar-refractivity contribution < 1.29 is 9.18 Å². The van der Waals surface area contributed by atoms with Crippen molar-refractivity contribution in [3.05, 3.63) is 113 Å². The van der Waals surface area contributed by atoms with Crippen LogP contribution < -0.4 is 0 Å². The first-order chi connectivity index (χ1) is 17.8. The Hall–Kier alpha value is -3.97. The van der Waals surface area contributed by atoms with Crippen LogP contribution >= 0.6 is 11.8 Å². The van der Waals surface area contributed by atoms with E-state index in [9.17, 15) is 9.18 Å². The molecular weight excluding hydrogens is 483 g/mol. The van der Waals surface area contributed by atoms with Gasteiger partial charge in [-0.25, -0.2) is 4.39 Å². The Kier molecular flexibility index (Phi) is 6.80. The van der Waals surface area contributed by atoms with Crippen LogP contribution in [-0.4, -0.2) is 30.9 Å². The molecule has 0 aliphatic rings. The zero-order chi connectivity index (χ0) is 26.1. The van der Waals surface area contributed by atoms with Gasteiger partial charge in [-0.15, -0.1) is 10.2 Å². The highest BCUT2D eigenvalue weighted by Gasteiger charge is 2.21. The molecule has 0 saturated carbocycles. The Balaban J connectivity index is 1.46. The highest BCUT2D eigenvalue weighted by atomic mass is 32.2. The van der Waals surface area contributed by atoms with E-state index < -0.39 is 0 Å². The molecule has 2 aromatic heterocycles. The molecule has 5 rings (SSSR count). The highest BCUT2D eigenvalue weighted by molar-refractivity contribution is 7.99. The van der Waals surface area contributed by atoms with Gasteiger partial charge in [-0.2, -0.15) is 0 Å². The number of carbonyl (C=O) groups is 1. The van der Waals surface area contributed by atoms with Gasteiger partial charge in [0.1, 0.15) is 5.82 Å². The number of ketones is 1. The fourth-order valence-corrected chi connectivity index (χ4v) is 5.31. The molecule has 0 fully saturated rings. The van der Waals surface area contributed by atoms with Gasteiger partial charge in [-0.05, 0) is 81.3 Å². The van der Waals surface area contributed by atoms with E-state index in [0.717, 1.165) is 34.2 Å². The van der Waals surface area contributed by atoms with Crippen molar-refractivity contribution in [3.63, 3.8) is 0 Å². The van der Waals surface area contributed by atoms with Crippen LogP contribution in [0, 0.1) is 33.5 Å². The number of rotatable bonds is 7. The van der Waals surface area contributed by atoms with Crippen molar-refractivity contribution in [3.8, 4) is 22.8 Å². The maximum Gasteiger partial charge on any atom is 0.196 e. The number of hydrogen-bond donors (Lipinski definition) is 0. The lowest BCUT2D eigenvalue weighted by atomic mass is 10.1. The molecule has 5 aromatic rings. The number of benzene rings is 3. The van der Waals surface area contributed by atoms with Crippen molar-refractivity contribution in [1.29, 1.82) is 0 Å². The Bertz CT molecular complexity index is 1590. The summed E-state index contributed by atoms with van der Waals surface area (Å²) in [6.07, 6.45) is 0. The maximum absolute atomic E-state index is 13.4. The first-order valence-electron chi connectivity index (χ1n) is 12.0. The van der Waals surface area contributed by atoms with Crippen molar-refractivity contribution in [2.24, 2.45) is 0 Å². The normalized spacial score (nSPS) is 11.2. The van der Waals surface area contributed by atoms with E-state index in [1.165, 1.54) is 35.0 Å². The fourth-order valence-electron chi connectivity index (χ4n) is 4.48. The predicted octanol–water partition coefficient (Wildman–Crippen LogP) is 7.07. The molecule has 0 radical (unpaired) electrons. The number of halogens is 1. The minimum atomic E-state index is -0.290.